The van der Waals surface area contributed by atoms with E-state index >= 15 is 0 Å². The Morgan fingerprint density at radius 2 is 1.79 bits per heavy atom. The SMILES string of the molecule is C=C1CC[C@H]2[C@H](CN)[C@@H]([C@@]3(C)Cc4cn(-c5ccc(Oc6ccccc6)cc5)nc4C[C@@H]3CO)CC[C@]12C. The molecule has 0 spiro atoms. The second-order valence-electron chi connectivity index (χ2n) is 12.4. The highest BCUT2D eigenvalue weighted by atomic mass is 16.5. The summed E-state index contributed by atoms with van der Waals surface area (Å²) in [6.45, 7) is 10.2. The van der Waals surface area contributed by atoms with Crippen molar-refractivity contribution in [2.24, 2.45) is 40.2 Å². The minimum Gasteiger partial charge on any atom is -0.457 e. The van der Waals surface area contributed by atoms with E-state index in [0.717, 1.165) is 55.1 Å². The third-order valence-corrected chi connectivity index (χ3v) is 10.6. The summed E-state index contributed by atoms with van der Waals surface area (Å²) in [5.41, 5.74) is 11.6. The predicted octanol–water partition coefficient (Wildman–Crippen LogP) is 6.34. The van der Waals surface area contributed by atoms with Crippen LogP contribution < -0.4 is 10.5 Å². The lowest BCUT2D eigenvalue weighted by molar-refractivity contribution is -0.0536. The topological polar surface area (TPSA) is 73.3 Å². The molecule has 1 heterocycles. The fourth-order valence-corrected chi connectivity index (χ4v) is 8.26. The van der Waals surface area contributed by atoms with Gasteiger partial charge in [-0.15, -0.1) is 0 Å². The Morgan fingerprint density at radius 3 is 2.50 bits per heavy atom. The van der Waals surface area contributed by atoms with Crippen LogP contribution in [0.2, 0.25) is 0 Å². The smallest absolute Gasteiger partial charge is 0.127 e. The number of aliphatic hydroxyl groups is 1. The van der Waals surface area contributed by atoms with E-state index in [1.807, 2.05) is 47.1 Å². The fourth-order valence-electron chi connectivity index (χ4n) is 8.26. The molecule has 3 aliphatic carbocycles. The van der Waals surface area contributed by atoms with Gasteiger partial charge in [0.1, 0.15) is 11.5 Å². The Hall–Kier alpha value is -2.89. The van der Waals surface area contributed by atoms with Crippen LogP contribution in [-0.4, -0.2) is 28.0 Å². The molecule has 1 aromatic heterocycles. The second-order valence-corrected chi connectivity index (χ2v) is 12.4. The largest absolute Gasteiger partial charge is 0.457 e. The molecule has 3 aliphatic rings. The quantitative estimate of drug-likeness (QED) is 0.379. The van der Waals surface area contributed by atoms with Gasteiger partial charge in [-0.05, 0) is 122 Å². The molecule has 0 amide bonds. The van der Waals surface area contributed by atoms with Gasteiger partial charge in [0.05, 0.1) is 11.4 Å². The number of aliphatic hydroxyl groups excluding tert-OH is 1. The van der Waals surface area contributed by atoms with E-state index in [1.165, 1.54) is 24.0 Å². The second kappa shape index (κ2) is 9.69. The molecule has 0 saturated heterocycles. The molecular formula is C33H41N3O2. The number of rotatable bonds is 6. The maximum atomic E-state index is 10.6. The normalized spacial score (nSPS) is 32.6. The number of aromatic nitrogens is 2. The standard InChI is InChI=1S/C33H41N3O2/c1-22-9-14-29-28(19-34)30(15-16-32(22,29)2)33(3)18-23-20-36(35-31(23)17-24(33)21-37)25-10-12-27(13-11-25)38-26-7-5-4-6-8-26/h4-8,10-13,20,24,28-30,37H,1,9,14-19,21,34H2,2-3H3/t24-,28+,29+,30+,32-,33+/m1/s1. The number of benzene rings is 2. The lowest BCUT2D eigenvalue weighted by Crippen LogP contribution is -2.53. The number of ether oxygens (including phenoxy) is 1. The van der Waals surface area contributed by atoms with Crippen molar-refractivity contribution in [2.75, 3.05) is 13.2 Å². The number of allylic oxidation sites excluding steroid dienone is 1. The van der Waals surface area contributed by atoms with Gasteiger partial charge in [-0.25, -0.2) is 4.68 Å². The molecule has 2 fully saturated rings. The zero-order valence-corrected chi connectivity index (χ0v) is 22.8. The zero-order valence-electron chi connectivity index (χ0n) is 22.8. The summed E-state index contributed by atoms with van der Waals surface area (Å²) >= 11 is 0. The van der Waals surface area contributed by atoms with Crippen LogP contribution in [0.15, 0.2) is 72.9 Å². The molecule has 38 heavy (non-hydrogen) atoms. The van der Waals surface area contributed by atoms with Crippen LogP contribution in [0.25, 0.3) is 5.69 Å². The number of hydrogen-bond donors (Lipinski definition) is 2. The average molecular weight is 512 g/mol. The molecule has 0 bridgehead atoms. The monoisotopic (exact) mass is 511 g/mol. The molecule has 0 aliphatic heterocycles. The van der Waals surface area contributed by atoms with Crippen molar-refractivity contribution in [3.8, 4) is 17.2 Å². The van der Waals surface area contributed by atoms with Gasteiger partial charge < -0.3 is 15.6 Å². The zero-order chi connectivity index (χ0) is 26.5. The van der Waals surface area contributed by atoms with E-state index in [0.29, 0.717) is 17.8 Å². The van der Waals surface area contributed by atoms with Gasteiger partial charge in [0.2, 0.25) is 0 Å². The Morgan fingerprint density at radius 1 is 1.05 bits per heavy atom. The molecule has 2 aromatic carbocycles. The number of nitrogens with zero attached hydrogens (tertiary/aromatic N) is 2. The number of hydrogen-bond acceptors (Lipinski definition) is 4. The lowest BCUT2D eigenvalue weighted by Gasteiger charge is -2.55. The van der Waals surface area contributed by atoms with Gasteiger partial charge in [0.25, 0.3) is 0 Å². The van der Waals surface area contributed by atoms with Crippen LogP contribution in [0.1, 0.15) is 50.8 Å². The number of para-hydroxylation sites is 1. The van der Waals surface area contributed by atoms with Gasteiger partial charge in [-0.2, -0.15) is 5.10 Å². The van der Waals surface area contributed by atoms with Crippen LogP contribution in [0.3, 0.4) is 0 Å². The van der Waals surface area contributed by atoms with E-state index in [4.69, 9.17) is 15.6 Å². The first-order valence-corrected chi connectivity index (χ1v) is 14.3. The molecule has 6 atom stereocenters. The summed E-state index contributed by atoms with van der Waals surface area (Å²) in [7, 11) is 0. The van der Waals surface area contributed by atoms with E-state index < -0.39 is 0 Å². The summed E-state index contributed by atoms with van der Waals surface area (Å²) in [5.74, 6) is 3.39. The molecule has 5 nitrogen and oxygen atoms in total. The highest BCUT2D eigenvalue weighted by Gasteiger charge is 2.56. The van der Waals surface area contributed by atoms with Gasteiger partial charge in [-0.3, -0.25) is 0 Å². The summed E-state index contributed by atoms with van der Waals surface area (Å²) in [5, 5.41) is 15.6. The molecule has 200 valence electrons. The maximum Gasteiger partial charge on any atom is 0.127 e. The Labute approximate surface area is 226 Å². The third kappa shape index (κ3) is 4.11. The van der Waals surface area contributed by atoms with E-state index in [2.05, 4.69) is 38.8 Å². The Bertz CT molecular complexity index is 1300. The van der Waals surface area contributed by atoms with Crippen molar-refractivity contribution in [1.82, 2.24) is 9.78 Å². The minimum absolute atomic E-state index is 0.00170. The van der Waals surface area contributed by atoms with Crippen LogP contribution in [0, 0.1) is 34.5 Å². The molecule has 2 saturated carbocycles. The van der Waals surface area contributed by atoms with Crippen molar-refractivity contribution in [3.63, 3.8) is 0 Å². The van der Waals surface area contributed by atoms with E-state index in [1.54, 1.807) is 0 Å². The lowest BCUT2D eigenvalue weighted by atomic mass is 9.49. The highest BCUT2D eigenvalue weighted by Crippen LogP contribution is 2.62. The molecule has 3 N–H and O–H groups in total. The molecule has 0 radical (unpaired) electrons. The Kier molecular flexibility index (Phi) is 6.48. The molecule has 3 aromatic rings. The third-order valence-electron chi connectivity index (χ3n) is 10.6. The molecule has 6 rings (SSSR count). The van der Waals surface area contributed by atoms with Crippen LogP contribution >= 0.6 is 0 Å². The van der Waals surface area contributed by atoms with Crippen molar-refractivity contribution < 1.29 is 9.84 Å². The van der Waals surface area contributed by atoms with Crippen molar-refractivity contribution in [1.29, 1.82) is 0 Å². The minimum atomic E-state index is -0.00170. The van der Waals surface area contributed by atoms with Gasteiger partial charge in [-0.1, -0.05) is 44.2 Å². The van der Waals surface area contributed by atoms with Crippen LogP contribution in [0.4, 0.5) is 0 Å². The predicted molar refractivity (Wildman–Crippen MR) is 151 cm³/mol. The molecule has 5 heteroatoms. The fraction of sp³-hybridized carbons (Fsp3) is 0.485. The summed E-state index contributed by atoms with van der Waals surface area (Å²) < 4.78 is 7.96. The van der Waals surface area contributed by atoms with Crippen molar-refractivity contribution in [3.05, 3.63) is 84.2 Å². The summed E-state index contributed by atoms with van der Waals surface area (Å²) in [6, 6.07) is 17.9. The molecule has 0 unspecified atom stereocenters. The van der Waals surface area contributed by atoms with Crippen molar-refractivity contribution in [2.45, 2.75) is 52.4 Å². The maximum absolute atomic E-state index is 10.6. The summed E-state index contributed by atoms with van der Waals surface area (Å²) in [6.07, 6.45) is 8.65. The van der Waals surface area contributed by atoms with Gasteiger partial charge in [0, 0.05) is 12.8 Å². The highest BCUT2D eigenvalue weighted by molar-refractivity contribution is 5.40. The van der Waals surface area contributed by atoms with Crippen LogP contribution in [0.5, 0.6) is 11.5 Å². The van der Waals surface area contributed by atoms with E-state index in [-0.39, 0.29) is 23.4 Å². The van der Waals surface area contributed by atoms with Crippen molar-refractivity contribution >= 4 is 0 Å². The number of fused-ring (bicyclic) bond motifs is 2. The number of nitrogens with two attached hydrogens (primary N) is 1. The average Bonchev–Trinajstić information content (AvgIpc) is 3.48. The van der Waals surface area contributed by atoms with Gasteiger partial charge in [0.15, 0.2) is 0 Å². The van der Waals surface area contributed by atoms with Crippen LogP contribution in [-0.2, 0) is 12.8 Å². The first-order valence-electron chi connectivity index (χ1n) is 14.3. The Balaban J connectivity index is 1.25. The molecular weight excluding hydrogens is 470 g/mol. The first-order chi connectivity index (χ1) is 18.4. The first kappa shape index (κ1) is 25.4. The summed E-state index contributed by atoms with van der Waals surface area (Å²) in [4.78, 5) is 0. The van der Waals surface area contributed by atoms with Gasteiger partial charge >= 0.3 is 0 Å². The van der Waals surface area contributed by atoms with E-state index in [9.17, 15) is 5.11 Å².